The molecule has 1 aliphatic carbocycles. The third kappa shape index (κ3) is 5.40. The Hall–Kier alpha value is -0.930. The van der Waals surface area contributed by atoms with Gasteiger partial charge < -0.3 is 10.2 Å². The molecule has 0 radical (unpaired) electrons. The van der Waals surface area contributed by atoms with Crippen molar-refractivity contribution in [3.8, 4) is 0 Å². The number of nitrogens with zero attached hydrogens (tertiary/aromatic N) is 1. The average Bonchev–Trinajstić information content (AvgIpc) is 2.95. The lowest BCUT2D eigenvalue weighted by molar-refractivity contribution is 0.268. The fourth-order valence-electron chi connectivity index (χ4n) is 3.26. The van der Waals surface area contributed by atoms with Crippen molar-refractivity contribution in [2.45, 2.75) is 52.1 Å². The molecule has 118 valence electrons. The van der Waals surface area contributed by atoms with E-state index < -0.39 is 0 Å². The fraction of sp³-hybridized carbons (Fsp3) is 0.667. The Bertz CT molecular complexity index is 427. The molecule has 0 unspecified atom stereocenters. The van der Waals surface area contributed by atoms with Gasteiger partial charge >= 0.3 is 0 Å². The van der Waals surface area contributed by atoms with Crippen molar-refractivity contribution in [3.63, 3.8) is 0 Å². The van der Waals surface area contributed by atoms with Crippen molar-refractivity contribution in [1.29, 1.82) is 0 Å². The van der Waals surface area contributed by atoms with Gasteiger partial charge in [-0.3, -0.25) is 0 Å². The van der Waals surface area contributed by atoms with E-state index in [4.69, 9.17) is 0 Å². The second kappa shape index (κ2) is 8.50. The number of hydrogen-bond donors (Lipinski definition) is 1. The minimum atomic E-state index is -0.0764. The van der Waals surface area contributed by atoms with Crippen LogP contribution in [0.3, 0.4) is 0 Å². The molecule has 0 amide bonds. The Morgan fingerprint density at radius 2 is 2.05 bits per heavy atom. The average molecular weight is 292 g/mol. The van der Waals surface area contributed by atoms with Gasteiger partial charge in [-0.25, -0.2) is 4.39 Å². The SMILES string of the molecule is CCCNCc1ccc(F)c(CN(C)CC2CCCC2)c1. The van der Waals surface area contributed by atoms with Crippen molar-refractivity contribution >= 4 is 0 Å². The summed E-state index contributed by atoms with van der Waals surface area (Å²) in [5.74, 6) is 0.736. The molecule has 2 rings (SSSR count). The second-order valence-corrected chi connectivity index (χ2v) is 6.45. The van der Waals surface area contributed by atoms with E-state index in [2.05, 4.69) is 24.2 Å². The Balaban J connectivity index is 1.89. The Labute approximate surface area is 128 Å². The van der Waals surface area contributed by atoms with Crippen LogP contribution in [0.15, 0.2) is 18.2 Å². The lowest BCUT2D eigenvalue weighted by Crippen LogP contribution is -2.24. The summed E-state index contributed by atoms with van der Waals surface area (Å²) in [6.45, 7) is 5.80. The topological polar surface area (TPSA) is 15.3 Å². The molecule has 1 aliphatic rings. The van der Waals surface area contributed by atoms with Crippen molar-refractivity contribution in [1.82, 2.24) is 10.2 Å². The van der Waals surface area contributed by atoms with Gasteiger partial charge in [0, 0.05) is 25.2 Å². The van der Waals surface area contributed by atoms with Crippen molar-refractivity contribution in [2.75, 3.05) is 20.1 Å². The number of benzene rings is 1. The lowest BCUT2D eigenvalue weighted by Gasteiger charge is -2.21. The van der Waals surface area contributed by atoms with Crippen LogP contribution in [0.5, 0.6) is 0 Å². The smallest absolute Gasteiger partial charge is 0.127 e. The van der Waals surface area contributed by atoms with E-state index >= 15 is 0 Å². The maximum absolute atomic E-state index is 14.0. The van der Waals surface area contributed by atoms with Crippen LogP contribution in [0.2, 0.25) is 0 Å². The summed E-state index contributed by atoms with van der Waals surface area (Å²) in [5, 5.41) is 3.37. The number of rotatable bonds is 8. The Morgan fingerprint density at radius 3 is 2.76 bits per heavy atom. The quantitative estimate of drug-likeness (QED) is 0.730. The maximum Gasteiger partial charge on any atom is 0.127 e. The van der Waals surface area contributed by atoms with Crippen LogP contribution in [0.25, 0.3) is 0 Å². The van der Waals surface area contributed by atoms with Crippen LogP contribution in [0.1, 0.15) is 50.2 Å². The molecule has 1 N–H and O–H groups in total. The predicted octanol–water partition coefficient (Wildman–Crippen LogP) is 3.95. The highest BCUT2D eigenvalue weighted by Gasteiger charge is 2.17. The molecule has 0 heterocycles. The summed E-state index contributed by atoms with van der Waals surface area (Å²) in [6, 6.07) is 5.52. The molecular formula is C18H29FN2. The monoisotopic (exact) mass is 292 g/mol. The van der Waals surface area contributed by atoms with E-state index in [1.807, 2.05) is 12.1 Å². The highest BCUT2D eigenvalue weighted by atomic mass is 19.1. The van der Waals surface area contributed by atoms with Crippen LogP contribution in [0.4, 0.5) is 4.39 Å². The van der Waals surface area contributed by atoms with Gasteiger partial charge in [-0.15, -0.1) is 0 Å². The molecule has 1 aromatic rings. The molecule has 0 aliphatic heterocycles. The van der Waals surface area contributed by atoms with Gasteiger partial charge in [-0.2, -0.15) is 0 Å². The van der Waals surface area contributed by atoms with Gasteiger partial charge in [0.2, 0.25) is 0 Å². The van der Waals surface area contributed by atoms with Crippen LogP contribution in [-0.4, -0.2) is 25.0 Å². The summed E-state index contributed by atoms with van der Waals surface area (Å²) in [4.78, 5) is 2.28. The fourth-order valence-corrected chi connectivity index (χ4v) is 3.26. The van der Waals surface area contributed by atoms with Crippen LogP contribution in [0, 0.1) is 11.7 Å². The van der Waals surface area contributed by atoms with Gasteiger partial charge in [0.25, 0.3) is 0 Å². The minimum absolute atomic E-state index is 0.0764. The van der Waals surface area contributed by atoms with E-state index in [9.17, 15) is 4.39 Å². The first-order valence-corrected chi connectivity index (χ1v) is 8.35. The molecule has 1 fully saturated rings. The Kier molecular flexibility index (Phi) is 6.65. The number of nitrogens with one attached hydrogen (secondary N) is 1. The summed E-state index contributed by atoms with van der Waals surface area (Å²) in [7, 11) is 2.11. The number of halogens is 1. The molecule has 2 nitrogen and oxygen atoms in total. The standard InChI is InChI=1S/C18H29FN2/c1-3-10-20-12-16-8-9-18(19)17(11-16)14-21(2)13-15-6-4-5-7-15/h8-9,11,15,20H,3-7,10,12-14H2,1-2H3. The summed E-state index contributed by atoms with van der Waals surface area (Å²) >= 11 is 0. The molecule has 0 atom stereocenters. The van der Waals surface area contributed by atoms with Crippen molar-refractivity contribution < 1.29 is 4.39 Å². The summed E-state index contributed by atoms with van der Waals surface area (Å²) in [5.41, 5.74) is 2.00. The molecule has 1 aromatic carbocycles. The van der Waals surface area contributed by atoms with Gasteiger partial charge in [0.1, 0.15) is 5.82 Å². The van der Waals surface area contributed by atoms with Crippen molar-refractivity contribution in [3.05, 3.63) is 35.1 Å². The third-order valence-electron chi connectivity index (χ3n) is 4.35. The molecule has 1 saturated carbocycles. The largest absolute Gasteiger partial charge is 0.313 e. The molecule has 0 aromatic heterocycles. The zero-order valence-corrected chi connectivity index (χ0v) is 13.5. The highest BCUT2D eigenvalue weighted by Crippen LogP contribution is 2.25. The van der Waals surface area contributed by atoms with E-state index in [-0.39, 0.29) is 5.82 Å². The third-order valence-corrected chi connectivity index (χ3v) is 4.35. The predicted molar refractivity (Wildman–Crippen MR) is 86.7 cm³/mol. The van der Waals surface area contributed by atoms with Gasteiger partial charge in [0.05, 0.1) is 0 Å². The lowest BCUT2D eigenvalue weighted by atomic mass is 10.1. The summed E-state index contributed by atoms with van der Waals surface area (Å²) in [6.07, 6.45) is 6.54. The number of hydrogen-bond acceptors (Lipinski definition) is 2. The minimum Gasteiger partial charge on any atom is -0.313 e. The Morgan fingerprint density at radius 1 is 1.29 bits per heavy atom. The van der Waals surface area contributed by atoms with Crippen LogP contribution < -0.4 is 5.32 Å². The van der Waals surface area contributed by atoms with Crippen molar-refractivity contribution in [2.24, 2.45) is 5.92 Å². The van der Waals surface area contributed by atoms with Crippen LogP contribution >= 0.6 is 0 Å². The first-order valence-electron chi connectivity index (χ1n) is 8.35. The van der Waals surface area contributed by atoms with E-state index in [0.717, 1.165) is 37.5 Å². The molecule has 0 spiro atoms. The highest BCUT2D eigenvalue weighted by molar-refractivity contribution is 5.25. The van der Waals surface area contributed by atoms with Gasteiger partial charge in [-0.1, -0.05) is 31.9 Å². The normalized spacial score (nSPS) is 16.0. The zero-order chi connectivity index (χ0) is 15.1. The van der Waals surface area contributed by atoms with Crippen LogP contribution in [-0.2, 0) is 13.1 Å². The van der Waals surface area contributed by atoms with Gasteiger partial charge in [0.15, 0.2) is 0 Å². The first kappa shape index (κ1) is 16.4. The molecule has 21 heavy (non-hydrogen) atoms. The molecule has 0 saturated heterocycles. The van der Waals surface area contributed by atoms with E-state index in [0.29, 0.717) is 6.54 Å². The molecule has 3 heteroatoms. The van der Waals surface area contributed by atoms with Gasteiger partial charge in [-0.05, 0) is 50.4 Å². The second-order valence-electron chi connectivity index (χ2n) is 6.45. The first-order chi connectivity index (χ1) is 10.2. The summed E-state index contributed by atoms with van der Waals surface area (Å²) < 4.78 is 14.0. The van der Waals surface area contributed by atoms with E-state index in [1.165, 1.54) is 31.2 Å². The molecular weight excluding hydrogens is 263 g/mol. The molecule has 0 bridgehead atoms. The maximum atomic E-state index is 14.0. The van der Waals surface area contributed by atoms with E-state index in [1.54, 1.807) is 6.07 Å². The zero-order valence-electron chi connectivity index (χ0n) is 13.5.